The molecule has 16 heavy (non-hydrogen) atoms. The van der Waals surface area contributed by atoms with E-state index in [1.54, 1.807) is 0 Å². The van der Waals surface area contributed by atoms with Crippen LogP contribution in [0.15, 0.2) is 30.0 Å². The van der Waals surface area contributed by atoms with E-state index in [-0.39, 0.29) is 6.61 Å². The zero-order valence-corrected chi connectivity index (χ0v) is 9.88. The summed E-state index contributed by atoms with van der Waals surface area (Å²) in [6, 6.07) is 5.77. The van der Waals surface area contributed by atoms with E-state index in [0.29, 0.717) is 0 Å². The topological polar surface area (TPSA) is 36.0 Å². The van der Waals surface area contributed by atoms with Crippen molar-refractivity contribution in [2.45, 2.75) is 13.3 Å². The number of benzene rings is 1. The molecule has 2 aromatic rings. The molecular weight excluding hydrogens is 222 g/mol. The Labute approximate surface area is 99.6 Å². The Hall–Kier alpha value is -1.25. The molecule has 2 nitrogen and oxygen atoms in total. The van der Waals surface area contributed by atoms with Crippen molar-refractivity contribution in [2.75, 3.05) is 6.61 Å². The third kappa shape index (κ3) is 2.13. The van der Waals surface area contributed by atoms with Crippen molar-refractivity contribution in [3.63, 3.8) is 0 Å². The van der Waals surface area contributed by atoms with Gasteiger partial charge in [0.1, 0.15) is 0 Å². The second-order valence-corrected chi connectivity index (χ2v) is 4.18. The average molecular weight is 236 g/mol. The lowest BCUT2D eigenvalue weighted by Crippen LogP contribution is -1.87. The van der Waals surface area contributed by atoms with Crippen LogP contribution >= 0.6 is 11.6 Å². The molecule has 0 saturated carbocycles. The van der Waals surface area contributed by atoms with E-state index in [1.165, 1.54) is 0 Å². The van der Waals surface area contributed by atoms with Gasteiger partial charge in [-0.05, 0) is 29.7 Å². The van der Waals surface area contributed by atoms with Crippen molar-refractivity contribution in [1.29, 1.82) is 0 Å². The lowest BCUT2D eigenvalue weighted by atomic mass is 10.1. The van der Waals surface area contributed by atoms with E-state index >= 15 is 0 Å². The third-order valence-corrected chi connectivity index (χ3v) is 2.93. The van der Waals surface area contributed by atoms with Gasteiger partial charge in [-0.1, -0.05) is 30.7 Å². The highest BCUT2D eigenvalue weighted by atomic mass is 35.5. The number of aliphatic hydroxyl groups excluding tert-OH is 1. The summed E-state index contributed by atoms with van der Waals surface area (Å²) in [5.74, 6) is 0. The van der Waals surface area contributed by atoms with Gasteiger partial charge >= 0.3 is 0 Å². The Bertz CT molecular complexity index is 522. The minimum Gasteiger partial charge on any atom is -0.392 e. The highest BCUT2D eigenvalue weighted by Gasteiger charge is 2.02. The third-order valence-electron chi connectivity index (χ3n) is 2.69. The standard InChI is InChI=1S/C13H14ClNO/c1-2-9(8-16)5-10-7-15-13-6-11(14)3-4-12(10)13/h3-7,15-16H,2,8H2,1H3/b9-5-. The Kier molecular flexibility index (Phi) is 3.32. The maximum absolute atomic E-state index is 9.14. The fourth-order valence-corrected chi connectivity index (χ4v) is 1.89. The maximum atomic E-state index is 9.14. The Morgan fingerprint density at radius 1 is 1.50 bits per heavy atom. The molecule has 1 heterocycles. The predicted octanol–water partition coefficient (Wildman–Crippen LogP) is 3.61. The summed E-state index contributed by atoms with van der Waals surface area (Å²) in [7, 11) is 0. The molecule has 1 aromatic carbocycles. The van der Waals surface area contributed by atoms with Crippen LogP contribution in [-0.4, -0.2) is 16.7 Å². The summed E-state index contributed by atoms with van der Waals surface area (Å²) in [5, 5.41) is 11.0. The van der Waals surface area contributed by atoms with Gasteiger partial charge in [0.2, 0.25) is 0 Å². The number of nitrogens with one attached hydrogen (secondary N) is 1. The van der Waals surface area contributed by atoms with E-state index in [1.807, 2.05) is 37.4 Å². The van der Waals surface area contributed by atoms with Crippen molar-refractivity contribution in [3.8, 4) is 0 Å². The van der Waals surface area contributed by atoms with Crippen LogP contribution in [-0.2, 0) is 0 Å². The molecule has 0 aliphatic rings. The molecule has 2 N–H and O–H groups in total. The van der Waals surface area contributed by atoms with E-state index < -0.39 is 0 Å². The number of aromatic amines is 1. The van der Waals surface area contributed by atoms with Gasteiger partial charge in [-0.15, -0.1) is 0 Å². The van der Waals surface area contributed by atoms with Gasteiger partial charge in [-0.25, -0.2) is 0 Å². The molecule has 0 unspecified atom stereocenters. The zero-order valence-electron chi connectivity index (χ0n) is 9.13. The van der Waals surface area contributed by atoms with Gasteiger partial charge in [-0.2, -0.15) is 0 Å². The molecule has 0 atom stereocenters. The molecule has 0 aliphatic heterocycles. The van der Waals surface area contributed by atoms with E-state index in [2.05, 4.69) is 4.98 Å². The van der Waals surface area contributed by atoms with Gasteiger partial charge in [-0.3, -0.25) is 0 Å². The number of hydrogen-bond donors (Lipinski definition) is 2. The van der Waals surface area contributed by atoms with Crippen molar-refractivity contribution in [2.24, 2.45) is 0 Å². The number of rotatable bonds is 3. The number of hydrogen-bond acceptors (Lipinski definition) is 1. The van der Waals surface area contributed by atoms with Crippen LogP contribution in [0.5, 0.6) is 0 Å². The van der Waals surface area contributed by atoms with Crippen molar-refractivity contribution >= 4 is 28.6 Å². The number of aliphatic hydroxyl groups is 1. The molecule has 0 amide bonds. The fourth-order valence-electron chi connectivity index (χ4n) is 1.72. The van der Waals surface area contributed by atoms with Gasteiger partial charge in [0, 0.05) is 22.1 Å². The molecular formula is C13H14ClNO. The molecule has 0 aliphatic carbocycles. The van der Waals surface area contributed by atoms with Gasteiger partial charge in [0.15, 0.2) is 0 Å². The molecule has 0 bridgehead atoms. The minimum atomic E-state index is 0.108. The van der Waals surface area contributed by atoms with Crippen LogP contribution in [0.25, 0.3) is 17.0 Å². The quantitative estimate of drug-likeness (QED) is 0.838. The van der Waals surface area contributed by atoms with Crippen molar-refractivity contribution in [3.05, 3.63) is 40.6 Å². The smallest absolute Gasteiger partial charge is 0.0644 e. The normalized spacial score (nSPS) is 12.3. The van der Waals surface area contributed by atoms with Crippen LogP contribution in [0, 0.1) is 0 Å². The summed E-state index contributed by atoms with van der Waals surface area (Å²) in [4.78, 5) is 3.17. The molecule has 0 spiro atoms. The summed E-state index contributed by atoms with van der Waals surface area (Å²) in [5.41, 5.74) is 3.14. The molecule has 84 valence electrons. The van der Waals surface area contributed by atoms with E-state index in [4.69, 9.17) is 16.7 Å². The van der Waals surface area contributed by atoms with Crippen molar-refractivity contribution in [1.82, 2.24) is 4.98 Å². The molecule has 0 radical (unpaired) electrons. The van der Waals surface area contributed by atoms with Crippen LogP contribution in [0.4, 0.5) is 0 Å². The van der Waals surface area contributed by atoms with Gasteiger partial charge < -0.3 is 10.1 Å². The van der Waals surface area contributed by atoms with Crippen LogP contribution in [0.2, 0.25) is 5.02 Å². The van der Waals surface area contributed by atoms with Gasteiger partial charge in [0.25, 0.3) is 0 Å². The van der Waals surface area contributed by atoms with Gasteiger partial charge in [0.05, 0.1) is 6.61 Å². The first-order valence-electron chi connectivity index (χ1n) is 5.31. The summed E-state index contributed by atoms with van der Waals surface area (Å²) >= 11 is 5.91. The molecule has 0 fully saturated rings. The largest absolute Gasteiger partial charge is 0.392 e. The highest BCUT2D eigenvalue weighted by molar-refractivity contribution is 6.31. The summed E-state index contributed by atoms with van der Waals surface area (Å²) < 4.78 is 0. The SMILES string of the molecule is CC/C(=C/c1c[nH]c2cc(Cl)ccc12)CO. The highest BCUT2D eigenvalue weighted by Crippen LogP contribution is 2.24. The first-order chi connectivity index (χ1) is 7.74. The fraction of sp³-hybridized carbons (Fsp3) is 0.231. The molecule has 0 saturated heterocycles. The first kappa shape index (κ1) is 11.2. The summed E-state index contributed by atoms with van der Waals surface area (Å²) in [6.07, 6.45) is 4.82. The second-order valence-electron chi connectivity index (χ2n) is 3.75. The number of fused-ring (bicyclic) bond motifs is 1. The molecule has 2 rings (SSSR count). The maximum Gasteiger partial charge on any atom is 0.0644 e. The Morgan fingerprint density at radius 3 is 3.00 bits per heavy atom. The number of aromatic nitrogens is 1. The molecule has 3 heteroatoms. The van der Waals surface area contributed by atoms with E-state index in [9.17, 15) is 0 Å². The lowest BCUT2D eigenvalue weighted by molar-refractivity contribution is 0.329. The van der Waals surface area contributed by atoms with Crippen molar-refractivity contribution < 1.29 is 5.11 Å². The predicted molar refractivity (Wildman–Crippen MR) is 68.7 cm³/mol. The first-order valence-corrected chi connectivity index (χ1v) is 5.69. The Morgan fingerprint density at radius 2 is 2.31 bits per heavy atom. The van der Waals surface area contributed by atoms with Crippen LogP contribution in [0.3, 0.4) is 0 Å². The van der Waals surface area contributed by atoms with Crippen LogP contribution < -0.4 is 0 Å². The molecule has 1 aromatic heterocycles. The monoisotopic (exact) mass is 235 g/mol. The van der Waals surface area contributed by atoms with Crippen LogP contribution in [0.1, 0.15) is 18.9 Å². The minimum absolute atomic E-state index is 0.108. The average Bonchev–Trinajstić information content (AvgIpc) is 2.68. The lowest BCUT2D eigenvalue weighted by Gasteiger charge is -1.98. The van der Waals surface area contributed by atoms with E-state index in [0.717, 1.165) is 33.5 Å². The number of halogens is 1. The summed E-state index contributed by atoms with van der Waals surface area (Å²) in [6.45, 7) is 2.14. The Balaban J connectivity index is 2.50. The zero-order chi connectivity index (χ0) is 11.5. The second kappa shape index (κ2) is 4.73. The number of H-pyrrole nitrogens is 1.